The normalized spacial score (nSPS) is 26.2. The number of hydrogen-bond acceptors (Lipinski definition) is 4. The summed E-state index contributed by atoms with van der Waals surface area (Å²) in [5.74, 6) is 0.256. The standard InChI is InChI=1S/C16H24N4O3/c1-19-10-17-18-14(19)11-5-7-20(8-6-11)15(21)12-3-2-4-13(9-12)16(22)23/h10-13H,2-9H2,1H3,(H,22,23)/t12-,13+/m1/s1. The van der Waals surface area contributed by atoms with Crippen LogP contribution in [0.25, 0.3) is 0 Å². The predicted molar refractivity (Wildman–Crippen MR) is 82.6 cm³/mol. The zero-order valence-corrected chi connectivity index (χ0v) is 13.5. The third kappa shape index (κ3) is 3.38. The van der Waals surface area contributed by atoms with Gasteiger partial charge in [-0.1, -0.05) is 6.42 Å². The number of amides is 1. The first-order chi connectivity index (χ1) is 11.1. The van der Waals surface area contributed by atoms with Crippen LogP contribution in [-0.4, -0.2) is 49.7 Å². The van der Waals surface area contributed by atoms with Crippen molar-refractivity contribution in [1.82, 2.24) is 19.7 Å². The highest BCUT2D eigenvalue weighted by molar-refractivity contribution is 5.80. The Morgan fingerprint density at radius 1 is 1.17 bits per heavy atom. The summed E-state index contributed by atoms with van der Waals surface area (Å²) < 4.78 is 1.95. The molecule has 2 atom stereocenters. The summed E-state index contributed by atoms with van der Waals surface area (Å²) in [4.78, 5) is 25.8. The molecule has 2 fully saturated rings. The smallest absolute Gasteiger partial charge is 0.306 e. The van der Waals surface area contributed by atoms with Crippen LogP contribution in [0.1, 0.15) is 50.3 Å². The largest absolute Gasteiger partial charge is 0.481 e. The minimum Gasteiger partial charge on any atom is -0.481 e. The van der Waals surface area contributed by atoms with Gasteiger partial charge in [0.15, 0.2) is 0 Å². The Hall–Kier alpha value is -1.92. The third-order valence-corrected chi connectivity index (χ3v) is 5.29. The van der Waals surface area contributed by atoms with Crippen molar-refractivity contribution >= 4 is 11.9 Å². The van der Waals surface area contributed by atoms with Crippen molar-refractivity contribution in [2.24, 2.45) is 18.9 Å². The molecular formula is C16H24N4O3. The topological polar surface area (TPSA) is 88.3 Å². The lowest BCUT2D eigenvalue weighted by atomic mass is 9.80. The Balaban J connectivity index is 1.56. The molecule has 1 N–H and O–H groups in total. The number of hydrogen-bond donors (Lipinski definition) is 1. The molecule has 23 heavy (non-hydrogen) atoms. The molecule has 0 unspecified atom stereocenters. The lowest BCUT2D eigenvalue weighted by Gasteiger charge is -2.35. The summed E-state index contributed by atoms with van der Waals surface area (Å²) in [7, 11) is 1.95. The van der Waals surface area contributed by atoms with Gasteiger partial charge in [0.1, 0.15) is 12.2 Å². The quantitative estimate of drug-likeness (QED) is 0.910. The maximum atomic E-state index is 12.7. The van der Waals surface area contributed by atoms with Gasteiger partial charge in [0.2, 0.25) is 5.91 Å². The molecule has 0 bridgehead atoms. The first-order valence-corrected chi connectivity index (χ1v) is 8.41. The van der Waals surface area contributed by atoms with Crippen LogP contribution < -0.4 is 0 Å². The summed E-state index contributed by atoms with van der Waals surface area (Å²) in [6.45, 7) is 1.45. The van der Waals surface area contributed by atoms with Crippen molar-refractivity contribution in [3.8, 4) is 0 Å². The van der Waals surface area contributed by atoms with E-state index in [4.69, 9.17) is 0 Å². The first-order valence-electron chi connectivity index (χ1n) is 8.41. The Morgan fingerprint density at radius 2 is 1.87 bits per heavy atom. The molecule has 1 aliphatic heterocycles. The molecule has 1 aliphatic carbocycles. The van der Waals surface area contributed by atoms with E-state index in [1.165, 1.54) is 0 Å². The van der Waals surface area contributed by atoms with Crippen LogP contribution in [0.5, 0.6) is 0 Å². The number of carboxylic acid groups (broad SMARTS) is 1. The fourth-order valence-corrected chi connectivity index (χ4v) is 3.92. The summed E-state index contributed by atoms with van der Waals surface area (Å²) in [5.41, 5.74) is 0. The zero-order valence-electron chi connectivity index (χ0n) is 13.5. The predicted octanol–water partition coefficient (Wildman–Crippen LogP) is 1.41. The number of carbonyl (C=O) groups is 2. The van der Waals surface area contributed by atoms with Gasteiger partial charge in [0.05, 0.1) is 5.92 Å². The number of nitrogens with zero attached hydrogens (tertiary/aromatic N) is 4. The molecular weight excluding hydrogens is 296 g/mol. The van der Waals surface area contributed by atoms with Crippen LogP contribution in [0, 0.1) is 11.8 Å². The van der Waals surface area contributed by atoms with Crippen LogP contribution >= 0.6 is 0 Å². The highest BCUT2D eigenvalue weighted by Gasteiger charge is 2.35. The van der Waals surface area contributed by atoms with Crippen molar-refractivity contribution in [2.45, 2.75) is 44.4 Å². The van der Waals surface area contributed by atoms with Crippen LogP contribution in [-0.2, 0) is 16.6 Å². The number of likely N-dealkylation sites (tertiary alicyclic amines) is 1. The maximum absolute atomic E-state index is 12.7. The second-order valence-electron chi connectivity index (χ2n) is 6.80. The van der Waals surface area contributed by atoms with Crippen LogP contribution in [0.4, 0.5) is 0 Å². The van der Waals surface area contributed by atoms with Gasteiger partial charge in [0, 0.05) is 32.0 Å². The lowest BCUT2D eigenvalue weighted by Crippen LogP contribution is -2.43. The van der Waals surface area contributed by atoms with Gasteiger partial charge in [-0.15, -0.1) is 10.2 Å². The van der Waals surface area contributed by atoms with E-state index in [1.807, 2.05) is 16.5 Å². The number of rotatable bonds is 3. The van der Waals surface area contributed by atoms with E-state index >= 15 is 0 Å². The van der Waals surface area contributed by atoms with Crippen molar-refractivity contribution in [1.29, 1.82) is 0 Å². The Labute approximate surface area is 135 Å². The second-order valence-corrected chi connectivity index (χ2v) is 6.80. The van der Waals surface area contributed by atoms with Gasteiger partial charge in [-0.3, -0.25) is 9.59 Å². The van der Waals surface area contributed by atoms with Gasteiger partial charge in [-0.25, -0.2) is 0 Å². The van der Waals surface area contributed by atoms with Gasteiger partial charge in [0.25, 0.3) is 0 Å². The summed E-state index contributed by atoms with van der Waals surface area (Å²) in [6, 6.07) is 0. The Bertz CT molecular complexity index is 578. The van der Waals surface area contributed by atoms with Gasteiger partial charge >= 0.3 is 5.97 Å². The number of carboxylic acids is 1. The van der Waals surface area contributed by atoms with E-state index < -0.39 is 5.97 Å². The molecule has 0 aromatic carbocycles. The third-order valence-electron chi connectivity index (χ3n) is 5.29. The molecule has 1 saturated heterocycles. The molecule has 2 heterocycles. The van der Waals surface area contributed by atoms with E-state index in [2.05, 4.69) is 10.2 Å². The monoisotopic (exact) mass is 320 g/mol. The highest BCUT2D eigenvalue weighted by Crippen LogP contribution is 2.33. The molecule has 7 heteroatoms. The van der Waals surface area contributed by atoms with Crippen LogP contribution in [0.3, 0.4) is 0 Å². The molecule has 2 aliphatic rings. The molecule has 1 amide bonds. The molecule has 0 radical (unpaired) electrons. The van der Waals surface area contributed by atoms with Gasteiger partial charge in [-0.05, 0) is 32.1 Å². The molecule has 1 aromatic heterocycles. The average Bonchev–Trinajstić information content (AvgIpc) is 3.00. The van der Waals surface area contributed by atoms with E-state index in [0.717, 1.165) is 44.6 Å². The molecule has 3 rings (SSSR count). The van der Waals surface area contributed by atoms with Crippen LogP contribution in [0.2, 0.25) is 0 Å². The van der Waals surface area contributed by atoms with E-state index in [9.17, 15) is 14.7 Å². The number of piperidine rings is 1. The SMILES string of the molecule is Cn1cnnc1C1CCN(C(=O)[C@@H]2CCC[C@H](C(=O)O)C2)CC1. The molecule has 1 saturated carbocycles. The van der Waals surface area contributed by atoms with E-state index in [0.29, 0.717) is 18.8 Å². The minimum absolute atomic E-state index is 0.115. The fourth-order valence-electron chi connectivity index (χ4n) is 3.92. The summed E-state index contributed by atoms with van der Waals surface area (Å²) >= 11 is 0. The maximum Gasteiger partial charge on any atom is 0.306 e. The van der Waals surface area contributed by atoms with E-state index in [-0.39, 0.29) is 17.7 Å². The van der Waals surface area contributed by atoms with Crippen LogP contribution in [0.15, 0.2) is 6.33 Å². The van der Waals surface area contributed by atoms with E-state index in [1.54, 1.807) is 6.33 Å². The van der Waals surface area contributed by atoms with Crippen molar-refractivity contribution in [2.75, 3.05) is 13.1 Å². The number of aryl methyl sites for hydroxylation is 1. The van der Waals surface area contributed by atoms with Crippen molar-refractivity contribution in [3.63, 3.8) is 0 Å². The average molecular weight is 320 g/mol. The van der Waals surface area contributed by atoms with Gasteiger partial charge in [-0.2, -0.15) is 0 Å². The first kappa shape index (κ1) is 16.0. The van der Waals surface area contributed by atoms with Gasteiger partial charge < -0.3 is 14.6 Å². The Morgan fingerprint density at radius 3 is 2.48 bits per heavy atom. The molecule has 0 spiro atoms. The Kier molecular flexibility index (Phi) is 4.63. The summed E-state index contributed by atoms with van der Waals surface area (Å²) in [6.07, 6.45) is 6.36. The zero-order chi connectivity index (χ0) is 16.4. The van der Waals surface area contributed by atoms with Crippen molar-refractivity contribution < 1.29 is 14.7 Å². The molecule has 1 aromatic rings. The minimum atomic E-state index is -0.761. The summed E-state index contributed by atoms with van der Waals surface area (Å²) in [5, 5.41) is 17.3. The molecule has 7 nitrogen and oxygen atoms in total. The number of aromatic nitrogens is 3. The fraction of sp³-hybridized carbons (Fsp3) is 0.750. The number of aliphatic carboxylic acids is 1. The lowest BCUT2D eigenvalue weighted by molar-refractivity contribution is -0.145. The highest BCUT2D eigenvalue weighted by atomic mass is 16.4. The molecule has 126 valence electrons. The van der Waals surface area contributed by atoms with Crippen molar-refractivity contribution in [3.05, 3.63) is 12.2 Å². The number of carbonyl (C=O) groups excluding carboxylic acids is 1. The second kappa shape index (κ2) is 6.68.